The maximum Gasteiger partial charge on any atom is 0.419 e. The van der Waals surface area contributed by atoms with Crippen LogP contribution in [0.2, 0.25) is 0 Å². The highest BCUT2D eigenvalue weighted by atomic mass is 19.4. The molecule has 0 bridgehead atoms. The molecule has 2 rings (SSSR count). The molecule has 0 amide bonds. The Kier molecular flexibility index (Phi) is 1.98. The number of ether oxygens (including phenoxy) is 1. The van der Waals surface area contributed by atoms with E-state index in [1.54, 1.807) is 12.2 Å². The summed E-state index contributed by atoms with van der Waals surface area (Å²) in [5.41, 5.74) is -0.137. The second-order valence-corrected chi connectivity index (χ2v) is 2.99. The maximum atomic E-state index is 12.5. The molecule has 74 valence electrons. The highest BCUT2D eigenvalue weighted by Crippen LogP contribution is 2.37. The lowest BCUT2D eigenvalue weighted by molar-refractivity contribution is -0.0909. The monoisotopic (exact) mass is 200 g/mol. The summed E-state index contributed by atoms with van der Waals surface area (Å²) in [6.45, 7) is 0. The van der Waals surface area contributed by atoms with Gasteiger partial charge >= 0.3 is 6.18 Å². The van der Waals surface area contributed by atoms with Crippen LogP contribution in [-0.2, 0) is 4.74 Å². The summed E-state index contributed by atoms with van der Waals surface area (Å²) in [4.78, 5) is 0. The zero-order valence-electron chi connectivity index (χ0n) is 7.14. The fourth-order valence-corrected chi connectivity index (χ4v) is 1.41. The van der Waals surface area contributed by atoms with Crippen molar-refractivity contribution in [3.63, 3.8) is 0 Å². The first-order valence-electron chi connectivity index (χ1n) is 4.10. The van der Waals surface area contributed by atoms with Crippen molar-refractivity contribution < 1.29 is 17.9 Å². The number of fused-ring (bicyclic) bond motifs is 1. The van der Waals surface area contributed by atoms with Crippen molar-refractivity contribution in [1.82, 2.24) is 0 Å². The molecule has 0 saturated heterocycles. The number of rotatable bonds is 0. The molecule has 0 radical (unpaired) electrons. The van der Waals surface area contributed by atoms with Gasteiger partial charge in [-0.05, 0) is 24.1 Å². The molecule has 0 aromatic rings. The zero-order chi connectivity index (χ0) is 10.2. The minimum absolute atomic E-state index is 0.0671. The van der Waals surface area contributed by atoms with Gasteiger partial charge in [-0.1, -0.05) is 12.2 Å². The minimum atomic E-state index is -4.35. The van der Waals surface area contributed by atoms with Crippen molar-refractivity contribution in [2.45, 2.75) is 12.6 Å². The third kappa shape index (κ3) is 1.47. The van der Waals surface area contributed by atoms with Crippen LogP contribution in [0.4, 0.5) is 13.2 Å². The molecule has 14 heavy (non-hydrogen) atoms. The van der Waals surface area contributed by atoms with Crippen LogP contribution in [0.15, 0.2) is 47.5 Å². The van der Waals surface area contributed by atoms with E-state index in [0.717, 1.165) is 6.08 Å². The summed E-state index contributed by atoms with van der Waals surface area (Å²) < 4.78 is 42.3. The summed E-state index contributed by atoms with van der Waals surface area (Å²) in [6.07, 6.45) is 3.16. The van der Waals surface area contributed by atoms with Crippen LogP contribution in [0.3, 0.4) is 0 Å². The van der Waals surface area contributed by atoms with Crippen LogP contribution < -0.4 is 0 Å². The van der Waals surface area contributed by atoms with Gasteiger partial charge in [-0.15, -0.1) is 0 Å². The van der Waals surface area contributed by atoms with Crippen LogP contribution >= 0.6 is 0 Å². The molecule has 4 heteroatoms. The van der Waals surface area contributed by atoms with Gasteiger partial charge in [0, 0.05) is 0 Å². The van der Waals surface area contributed by atoms with E-state index in [9.17, 15) is 13.2 Å². The third-order valence-electron chi connectivity index (χ3n) is 2.03. The Bertz CT molecular complexity index is 369. The van der Waals surface area contributed by atoms with Gasteiger partial charge in [0.15, 0.2) is 0 Å². The number of hydrogen-bond acceptors (Lipinski definition) is 1. The second-order valence-electron chi connectivity index (χ2n) is 2.99. The molecule has 2 aliphatic rings. The fourth-order valence-electron chi connectivity index (χ4n) is 1.41. The predicted octanol–water partition coefficient (Wildman–Crippen LogP) is 3.23. The fraction of sp³-hybridized carbons (Fsp3) is 0.200. The average molecular weight is 200 g/mol. The van der Waals surface area contributed by atoms with Gasteiger partial charge in [-0.2, -0.15) is 13.2 Å². The molecular formula is C10H7F3O. The molecule has 0 saturated carbocycles. The van der Waals surface area contributed by atoms with E-state index in [4.69, 9.17) is 4.74 Å². The molecule has 1 heterocycles. The molecule has 0 fully saturated rings. The normalized spacial score (nSPS) is 20.4. The highest BCUT2D eigenvalue weighted by Gasteiger charge is 2.37. The van der Waals surface area contributed by atoms with E-state index in [1.807, 2.05) is 0 Å². The molecular weight excluding hydrogens is 193 g/mol. The van der Waals surface area contributed by atoms with Gasteiger partial charge in [0.1, 0.15) is 5.76 Å². The van der Waals surface area contributed by atoms with Crippen LogP contribution in [0.5, 0.6) is 0 Å². The summed E-state index contributed by atoms with van der Waals surface area (Å²) in [7, 11) is 0. The lowest BCUT2D eigenvalue weighted by Gasteiger charge is -2.21. The number of hydrogen-bond donors (Lipinski definition) is 0. The lowest BCUT2D eigenvalue weighted by atomic mass is 9.98. The Labute approximate surface area is 78.9 Å². The van der Waals surface area contributed by atoms with Gasteiger partial charge < -0.3 is 4.74 Å². The first-order chi connectivity index (χ1) is 6.59. The van der Waals surface area contributed by atoms with Gasteiger partial charge in [-0.3, -0.25) is 0 Å². The van der Waals surface area contributed by atoms with E-state index >= 15 is 0 Å². The number of allylic oxidation sites excluding steroid dienone is 6. The Hall–Kier alpha value is -1.45. The zero-order valence-corrected chi connectivity index (χ0v) is 7.14. The summed E-state index contributed by atoms with van der Waals surface area (Å²) in [5, 5.41) is 0. The van der Waals surface area contributed by atoms with E-state index in [2.05, 4.69) is 0 Å². The van der Waals surface area contributed by atoms with Crippen molar-refractivity contribution in [1.29, 1.82) is 0 Å². The standard InChI is InChI=1S/C10H7F3O/c11-10(12,13)8-5-1-3-7-4-2-6-14-9(7)8/h1-2,4-6H,3H2. The van der Waals surface area contributed by atoms with Crippen LogP contribution in [-0.4, -0.2) is 6.18 Å². The molecule has 0 unspecified atom stereocenters. The molecule has 0 spiro atoms. The Morgan fingerprint density at radius 3 is 2.79 bits per heavy atom. The second kappa shape index (κ2) is 3.04. The maximum absolute atomic E-state index is 12.5. The van der Waals surface area contributed by atoms with Crippen LogP contribution in [0.1, 0.15) is 6.42 Å². The Morgan fingerprint density at radius 1 is 1.29 bits per heavy atom. The number of alkyl halides is 3. The van der Waals surface area contributed by atoms with Crippen LogP contribution in [0.25, 0.3) is 0 Å². The van der Waals surface area contributed by atoms with E-state index in [-0.39, 0.29) is 5.76 Å². The van der Waals surface area contributed by atoms with Crippen molar-refractivity contribution in [2.24, 2.45) is 0 Å². The first kappa shape index (κ1) is 9.12. The quantitative estimate of drug-likeness (QED) is 0.583. The Balaban J connectivity index is 2.48. The smallest absolute Gasteiger partial charge is 0.419 e. The van der Waals surface area contributed by atoms with E-state index in [1.165, 1.54) is 12.3 Å². The average Bonchev–Trinajstić information content (AvgIpc) is 2.15. The SMILES string of the molecule is FC(F)(F)C1=C2OC=CC=C2CC=C1. The molecule has 0 N–H and O–H groups in total. The molecule has 0 aromatic heterocycles. The first-order valence-corrected chi connectivity index (χ1v) is 4.10. The van der Waals surface area contributed by atoms with Crippen molar-refractivity contribution in [2.75, 3.05) is 0 Å². The van der Waals surface area contributed by atoms with Gasteiger partial charge in [0.25, 0.3) is 0 Å². The third-order valence-corrected chi connectivity index (χ3v) is 2.03. The summed E-state index contributed by atoms with van der Waals surface area (Å²) in [5.74, 6) is -0.0671. The predicted molar refractivity (Wildman–Crippen MR) is 45.1 cm³/mol. The van der Waals surface area contributed by atoms with Gasteiger partial charge in [-0.25, -0.2) is 0 Å². The summed E-state index contributed by atoms with van der Waals surface area (Å²) in [6, 6.07) is 0. The van der Waals surface area contributed by atoms with Gasteiger partial charge in [0.2, 0.25) is 0 Å². The van der Waals surface area contributed by atoms with Gasteiger partial charge in [0.05, 0.1) is 11.8 Å². The van der Waals surface area contributed by atoms with Crippen LogP contribution in [0, 0.1) is 0 Å². The number of halogens is 3. The molecule has 0 atom stereocenters. The molecule has 1 aliphatic carbocycles. The summed E-state index contributed by atoms with van der Waals surface area (Å²) >= 11 is 0. The largest absolute Gasteiger partial charge is 0.464 e. The van der Waals surface area contributed by atoms with Crippen molar-refractivity contribution in [3.8, 4) is 0 Å². The molecule has 0 aromatic carbocycles. The lowest BCUT2D eigenvalue weighted by Crippen LogP contribution is -2.17. The topological polar surface area (TPSA) is 9.23 Å². The highest BCUT2D eigenvalue weighted by molar-refractivity contribution is 5.46. The van der Waals surface area contributed by atoms with Crippen molar-refractivity contribution >= 4 is 0 Å². The molecule has 1 aliphatic heterocycles. The minimum Gasteiger partial charge on any atom is -0.464 e. The Morgan fingerprint density at radius 2 is 2.07 bits per heavy atom. The van der Waals surface area contributed by atoms with Crippen molar-refractivity contribution in [3.05, 3.63) is 47.5 Å². The van der Waals surface area contributed by atoms with E-state index in [0.29, 0.717) is 12.0 Å². The van der Waals surface area contributed by atoms with E-state index < -0.39 is 11.7 Å². The molecule has 1 nitrogen and oxygen atoms in total.